The Hall–Kier alpha value is -2.74. The highest BCUT2D eigenvalue weighted by Crippen LogP contribution is 2.38. The van der Waals surface area contributed by atoms with Crippen molar-refractivity contribution in [2.45, 2.75) is 39.0 Å². The smallest absolute Gasteiger partial charge is 0.265 e. The summed E-state index contributed by atoms with van der Waals surface area (Å²) in [5, 5.41) is 0. The van der Waals surface area contributed by atoms with Crippen LogP contribution in [0.25, 0.3) is 0 Å². The van der Waals surface area contributed by atoms with Crippen LogP contribution in [0.2, 0.25) is 0 Å². The number of amides is 1. The molecule has 0 aromatic heterocycles. The van der Waals surface area contributed by atoms with E-state index in [1.54, 1.807) is 35.2 Å². The fourth-order valence-electron chi connectivity index (χ4n) is 3.38. The summed E-state index contributed by atoms with van der Waals surface area (Å²) >= 11 is 0. The highest BCUT2D eigenvalue weighted by atomic mass is 32.2. The molecule has 2 aromatic carbocycles. The van der Waals surface area contributed by atoms with E-state index in [0.29, 0.717) is 30.1 Å². The van der Waals surface area contributed by atoms with Gasteiger partial charge in [-0.3, -0.25) is 9.52 Å². The van der Waals surface area contributed by atoms with Gasteiger partial charge in [0.25, 0.3) is 10.0 Å². The predicted octanol–water partition coefficient (Wildman–Crippen LogP) is 3.83. The van der Waals surface area contributed by atoms with Gasteiger partial charge in [0.1, 0.15) is 23.0 Å². The van der Waals surface area contributed by atoms with Crippen molar-refractivity contribution in [1.29, 1.82) is 0 Å². The van der Waals surface area contributed by atoms with E-state index in [-0.39, 0.29) is 23.2 Å². The van der Waals surface area contributed by atoms with E-state index in [0.717, 1.165) is 5.56 Å². The molecule has 0 fully saturated rings. The summed E-state index contributed by atoms with van der Waals surface area (Å²) in [4.78, 5) is 14.6. The van der Waals surface area contributed by atoms with E-state index in [1.165, 1.54) is 7.11 Å². The lowest BCUT2D eigenvalue weighted by Crippen LogP contribution is -2.42. The average molecular weight is 433 g/mol. The molecule has 3 rings (SSSR count). The number of aryl methyl sites for hydroxylation is 1. The number of nitrogens with zero attached hydrogens (tertiary/aromatic N) is 1. The van der Waals surface area contributed by atoms with Gasteiger partial charge >= 0.3 is 0 Å². The van der Waals surface area contributed by atoms with Crippen molar-refractivity contribution in [3.63, 3.8) is 0 Å². The molecule has 0 saturated carbocycles. The fraction of sp³-hybridized carbons (Fsp3) is 0.409. The quantitative estimate of drug-likeness (QED) is 0.750. The van der Waals surface area contributed by atoms with Crippen LogP contribution in [-0.4, -0.2) is 34.6 Å². The van der Waals surface area contributed by atoms with Gasteiger partial charge in [-0.2, -0.15) is 0 Å². The summed E-state index contributed by atoms with van der Waals surface area (Å²) in [5.41, 5.74) is 1.09. The maximum atomic E-state index is 13.1. The molecule has 0 atom stereocenters. The number of ether oxygens (including phenoxy) is 2. The molecule has 2 aromatic rings. The van der Waals surface area contributed by atoms with Crippen LogP contribution in [-0.2, 0) is 21.2 Å². The molecule has 1 amide bonds. The first-order valence-electron chi connectivity index (χ1n) is 9.91. The number of nitrogens with one attached hydrogen (secondary N) is 1. The Labute approximate surface area is 178 Å². The highest BCUT2D eigenvalue weighted by molar-refractivity contribution is 7.92. The van der Waals surface area contributed by atoms with Crippen LogP contribution < -0.4 is 19.1 Å². The lowest BCUT2D eigenvalue weighted by atomic mass is 9.93. The van der Waals surface area contributed by atoms with Gasteiger partial charge in [0.2, 0.25) is 5.91 Å². The number of methoxy groups -OCH3 is 1. The molecule has 0 spiro atoms. The third-order valence-corrected chi connectivity index (χ3v) is 6.56. The van der Waals surface area contributed by atoms with Crippen LogP contribution in [0.5, 0.6) is 11.5 Å². The Morgan fingerprint density at radius 3 is 2.53 bits per heavy atom. The van der Waals surface area contributed by atoms with Crippen LogP contribution >= 0.6 is 0 Å². The molecule has 162 valence electrons. The molecule has 30 heavy (non-hydrogen) atoms. The number of fused-ring (bicyclic) bond motifs is 1. The molecular formula is C22H28N2O5S. The Balaban J connectivity index is 2.01. The number of carbonyl (C=O) groups excluding carboxylic acids is 1. The monoisotopic (exact) mass is 432 g/mol. The standard InChI is InChI=1S/C22H28N2O5S/c1-6-15-8-10-19(28-5)20(12-15)30(26,27)23-16-9-11-18-17(13-16)24(7-2)21(25)22(3,4)14-29-18/h8-13,23H,6-7,14H2,1-5H3. The Kier molecular flexibility index (Phi) is 5.99. The molecule has 0 unspecified atom stereocenters. The van der Waals surface area contributed by atoms with Crippen LogP contribution in [0, 0.1) is 5.41 Å². The Bertz CT molecular complexity index is 1060. The van der Waals surface area contributed by atoms with Crippen molar-refractivity contribution >= 4 is 27.3 Å². The molecule has 7 nitrogen and oxygen atoms in total. The zero-order chi connectivity index (χ0) is 22.1. The van der Waals surface area contributed by atoms with E-state index in [2.05, 4.69) is 4.72 Å². The van der Waals surface area contributed by atoms with E-state index in [9.17, 15) is 13.2 Å². The van der Waals surface area contributed by atoms with Crippen molar-refractivity contribution < 1.29 is 22.7 Å². The van der Waals surface area contributed by atoms with E-state index in [1.807, 2.05) is 33.8 Å². The number of hydrogen-bond acceptors (Lipinski definition) is 5. The zero-order valence-electron chi connectivity index (χ0n) is 18.0. The van der Waals surface area contributed by atoms with Gasteiger partial charge in [-0.1, -0.05) is 13.0 Å². The van der Waals surface area contributed by atoms with Crippen LogP contribution in [0.4, 0.5) is 11.4 Å². The number of hydrogen-bond donors (Lipinski definition) is 1. The van der Waals surface area contributed by atoms with Gasteiger partial charge in [-0.05, 0) is 63.1 Å². The highest BCUT2D eigenvalue weighted by Gasteiger charge is 2.37. The molecular weight excluding hydrogens is 404 g/mol. The predicted molar refractivity (Wildman–Crippen MR) is 117 cm³/mol. The van der Waals surface area contributed by atoms with E-state index in [4.69, 9.17) is 9.47 Å². The number of sulfonamides is 1. The Morgan fingerprint density at radius 2 is 1.90 bits per heavy atom. The van der Waals surface area contributed by atoms with Gasteiger partial charge < -0.3 is 14.4 Å². The minimum Gasteiger partial charge on any atom is -0.495 e. The maximum absolute atomic E-state index is 13.1. The average Bonchev–Trinajstić information content (AvgIpc) is 2.81. The van der Waals surface area contributed by atoms with Crippen molar-refractivity contribution in [2.75, 3.05) is 29.9 Å². The minimum absolute atomic E-state index is 0.0685. The van der Waals surface area contributed by atoms with Crippen molar-refractivity contribution in [1.82, 2.24) is 0 Å². The first kappa shape index (κ1) is 22.0. The van der Waals surface area contributed by atoms with Crippen LogP contribution in [0.15, 0.2) is 41.3 Å². The summed E-state index contributed by atoms with van der Waals surface area (Å²) < 4.78 is 39.9. The second-order valence-electron chi connectivity index (χ2n) is 7.85. The molecule has 8 heteroatoms. The summed E-state index contributed by atoms with van der Waals surface area (Å²) in [6.45, 7) is 8.20. The molecule has 1 aliphatic rings. The summed E-state index contributed by atoms with van der Waals surface area (Å²) in [6, 6.07) is 10.0. The molecule has 0 bridgehead atoms. The molecule has 1 aliphatic heterocycles. The van der Waals surface area contributed by atoms with Gasteiger partial charge in [0.15, 0.2) is 0 Å². The summed E-state index contributed by atoms with van der Waals surface area (Å²) in [5.74, 6) is 0.746. The molecule has 1 heterocycles. The third kappa shape index (κ3) is 4.09. The van der Waals surface area contributed by atoms with E-state index < -0.39 is 15.4 Å². The van der Waals surface area contributed by atoms with Crippen LogP contribution in [0.3, 0.4) is 0 Å². The van der Waals surface area contributed by atoms with Gasteiger partial charge in [0.05, 0.1) is 23.9 Å². The van der Waals surface area contributed by atoms with Gasteiger partial charge in [-0.15, -0.1) is 0 Å². The lowest BCUT2D eigenvalue weighted by Gasteiger charge is -2.27. The minimum atomic E-state index is -3.90. The van der Waals surface area contributed by atoms with Crippen molar-refractivity contribution in [2.24, 2.45) is 5.41 Å². The zero-order valence-corrected chi connectivity index (χ0v) is 18.8. The van der Waals surface area contributed by atoms with Crippen molar-refractivity contribution in [3.05, 3.63) is 42.0 Å². The van der Waals surface area contributed by atoms with Gasteiger partial charge in [-0.25, -0.2) is 8.42 Å². The SMILES string of the molecule is CCc1ccc(OC)c(S(=O)(=O)Nc2ccc3c(c2)N(CC)C(=O)C(C)(C)CO3)c1. The topological polar surface area (TPSA) is 84.9 Å². The molecule has 0 radical (unpaired) electrons. The Morgan fingerprint density at radius 1 is 1.17 bits per heavy atom. The lowest BCUT2D eigenvalue weighted by molar-refractivity contribution is -0.127. The van der Waals surface area contributed by atoms with Crippen LogP contribution in [0.1, 0.15) is 33.3 Å². The normalized spacial score (nSPS) is 15.8. The molecule has 0 saturated heterocycles. The number of carbonyl (C=O) groups is 1. The third-order valence-electron chi connectivity index (χ3n) is 5.16. The maximum Gasteiger partial charge on any atom is 0.265 e. The van der Waals surface area contributed by atoms with Crippen molar-refractivity contribution in [3.8, 4) is 11.5 Å². The number of rotatable bonds is 6. The molecule has 0 aliphatic carbocycles. The second-order valence-corrected chi connectivity index (χ2v) is 9.50. The second kappa shape index (κ2) is 8.18. The largest absolute Gasteiger partial charge is 0.495 e. The first-order valence-corrected chi connectivity index (χ1v) is 11.4. The molecule has 1 N–H and O–H groups in total. The van der Waals surface area contributed by atoms with Gasteiger partial charge in [0, 0.05) is 6.54 Å². The number of anilines is 2. The summed E-state index contributed by atoms with van der Waals surface area (Å²) in [7, 11) is -2.47. The number of benzene rings is 2. The first-order chi connectivity index (χ1) is 14.1. The van der Waals surface area contributed by atoms with E-state index >= 15 is 0 Å². The summed E-state index contributed by atoms with van der Waals surface area (Å²) in [6.07, 6.45) is 0.700. The fourth-order valence-corrected chi connectivity index (χ4v) is 4.65.